The van der Waals surface area contributed by atoms with E-state index in [2.05, 4.69) is 4.98 Å². The molecular formula is C27H33F3N4O3. The van der Waals surface area contributed by atoms with Crippen LogP contribution in [0.2, 0.25) is 0 Å². The van der Waals surface area contributed by atoms with Crippen molar-refractivity contribution in [2.24, 2.45) is 0 Å². The van der Waals surface area contributed by atoms with E-state index < -0.39 is 18.3 Å². The highest BCUT2D eigenvalue weighted by Gasteiger charge is 2.40. The van der Waals surface area contributed by atoms with E-state index in [9.17, 15) is 13.6 Å². The van der Waals surface area contributed by atoms with Gasteiger partial charge in [0.25, 0.3) is 5.92 Å². The van der Waals surface area contributed by atoms with Crippen molar-refractivity contribution in [2.75, 3.05) is 62.3 Å². The molecule has 7 nitrogen and oxygen atoms in total. The van der Waals surface area contributed by atoms with E-state index in [1.807, 2.05) is 41.0 Å². The number of pyridine rings is 1. The molecule has 3 aliphatic rings. The molecule has 0 saturated carbocycles. The van der Waals surface area contributed by atoms with Crippen molar-refractivity contribution in [3.8, 4) is 5.75 Å². The number of nitrogens with zero attached hydrogens (tertiary/aromatic N) is 4. The fourth-order valence-corrected chi connectivity index (χ4v) is 5.24. The van der Waals surface area contributed by atoms with Gasteiger partial charge in [0.15, 0.2) is 11.6 Å². The van der Waals surface area contributed by atoms with Gasteiger partial charge in [-0.25, -0.2) is 18.2 Å². The first-order valence-electron chi connectivity index (χ1n) is 12.9. The molecule has 5 rings (SSSR count). The summed E-state index contributed by atoms with van der Waals surface area (Å²) in [6.45, 7) is 5.19. The minimum Gasteiger partial charge on any atom is -0.489 e. The minimum absolute atomic E-state index is 0.0177. The van der Waals surface area contributed by atoms with Gasteiger partial charge in [0.1, 0.15) is 11.9 Å². The van der Waals surface area contributed by atoms with E-state index in [-0.39, 0.29) is 36.7 Å². The van der Waals surface area contributed by atoms with Gasteiger partial charge in [-0.05, 0) is 29.7 Å². The number of carbonyl (C=O) groups is 1. The van der Waals surface area contributed by atoms with Crippen molar-refractivity contribution in [3.05, 3.63) is 47.9 Å². The molecule has 1 aromatic carbocycles. The Morgan fingerprint density at radius 1 is 1.14 bits per heavy atom. The summed E-state index contributed by atoms with van der Waals surface area (Å²) in [5, 5.41) is 0. The third-order valence-electron chi connectivity index (χ3n) is 7.40. The number of alkyl halides is 2. The normalized spacial score (nSPS) is 22.4. The summed E-state index contributed by atoms with van der Waals surface area (Å²) < 4.78 is 54.0. The first-order valence-corrected chi connectivity index (χ1v) is 12.9. The minimum atomic E-state index is -2.82. The van der Waals surface area contributed by atoms with Crippen molar-refractivity contribution < 1.29 is 27.4 Å². The largest absolute Gasteiger partial charge is 0.489 e. The molecule has 2 aromatic rings. The molecule has 0 aliphatic carbocycles. The Kier molecular flexibility index (Phi) is 7.46. The molecule has 1 amide bonds. The summed E-state index contributed by atoms with van der Waals surface area (Å²) >= 11 is 0. The number of morpholine rings is 1. The molecule has 0 spiro atoms. The summed E-state index contributed by atoms with van der Waals surface area (Å²) in [7, 11) is 0. The van der Waals surface area contributed by atoms with E-state index in [0.29, 0.717) is 57.9 Å². The zero-order valence-corrected chi connectivity index (χ0v) is 21.0. The van der Waals surface area contributed by atoms with Crippen LogP contribution >= 0.6 is 0 Å². The number of ether oxygens (including phenoxy) is 2. The van der Waals surface area contributed by atoms with Crippen LogP contribution < -0.4 is 14.5 Å². The lowest BCUT2D eigenvalue weighted by atomic mass is 9.97. The lowest BCUT2D eigenvalue weighted by Crippen LogP contribution is -2.41. The van der Waals surface area contributed by atoms with E-state index in [1.54, 1.807) is 6.07 Å². The van der Waals surface area contributed by atoms with Crippen molar-refractivity contribution in [1.82, 2.24) is 9.88 Å². The molecule has 3 aliphatic heterocycles. The van der Waals surface area contributed by atoms with Gasteiger partial charge in [-0.15, -0.1) is 0 Å². The molecule has 3 saturated heterocycles. The Hall–Kier alpha value is -3.01. The monoisotopic (exact) mass is 518 g/mol. The molecule has 2 atom stereocenters. The van der Waals surface area contributed by atoms with Gasteiger partial charge in [0.2, 0.25) is 5.91 Å². The van der Waals surface area contributed by atoms with Gasteiger partial charge in [-0.1, -0.05) is 19.1 Å². The SMILES string of the molecule is C[C@H](CC(=O)N1CCOCC1)c1ccc(OC2CCN(c3ccnc(N4CCC(F)(F)C4)c3F)C2)cc1. The smallest absolute Gasteiger partial charge is 0.266 e. The van der Waals surface area contributed by atoms with Crippen molar-refractivity contribution in [1.29, 1.82) is 0 Å². The van der Waals surface area contributed by atoms with Crippen molar-refractivity contribution in [2.45, 2.75) is 44.1 Å². The summed E-state index contributed by atoms with van der Waals surface area (Å²) in [5.74, 6) is -2.44. The highest BCUT2D eigenvalue weighted by atomic mass is 19.3. The Morgan fingerprint density at radius 3 is 2.59 bits per heavy atom. The molecule has 200 valence electrons. The lowest BCUT2D eigenvalue weighted by molar-refractivity contribution is -0.135. The number of hydrogen-bond acceptors (Lipinski definition) is 6. The molecule has 0 radical (unpaired) electrons. The zero-order chi connectivity index (χ0) is 26.0. The molecule has 37 heavy (non-hydrogen) atoms. The lowest BCUT2D eigenvalue weighted by Gasteiger charge is -2.28. The fraction of sp³-hybridized carbons (Fsp3) is 0.556. The Bertz CT molecular complexity index is 1090. The van der Waals surface area contributed by atoms with Crippen LogP contribution in [0, 0.1) is 5.82 Å². The second-order valence-electron chi connectivity index (χ2n) is 10.1. The maximum atomic E-state index is 15.2. The zero-order valence-electron chi connectivity index (χ0n) is 21.0. The van der Waals surface area contributed by atoms with Crippen LogP contribution in [-0.2, 0) is 9.53 Å². The maximum absolute atomic E-state index is 15.2. The Balaban J connectivity index is 1.16. The van der Waals surface area contributed by atoms with Gasteiger partial charge in [0, 0.05) is 51.6 Å². The van der Waals surface area contributed by atoms with E-state index in [4.69, 9.17) is 9.47 Å². The van der Waals surface area contributed by atoms with Gasteiger partial charge < -0.3 is 24.2 Å². The van der Waals surface area contributed by atoms with Crippen molar-refractivity contribution in [3.63, 3.8) is 0 Å². The Labute approximate surface area is 215 Å². The molecule has 0 bridgehead atoms. The number of benzene rings is 1. The fourth-order valence-electron chi connectivity index (χ4n) is 5.24. The van der Waals surface area contributed by atoms with Crippen LogP contribution in [0.25, 0.3) is 0 Å². The number of carbonyl (C=O) groups excluding carboxylic acids is 1. The highest BCUT2D eigenvalue weighted by Crippen LogP contribution is 2.35. The third-order valence-corrected chi connectivity index (χ3v) is 7.40. The standard InChI is InChI=1S/C27H33F3N4O3/c1-19(16-24(35)32-12-14-36-15-13-32)20-2-4-21(5-3-20)37-22-7-10-33(17-22)23-6-9-31-26(25(23)28)34-11-8-27(29,30)18-34/h2-6,9,19,22H,7-8,10-18H2,1H3/t19-,22?/m1/s1. The number of hydrogen-bond donors (Lipinski definition) is 0. The number of amides is 1. The number of aromatic nitrogens is 1. The van der Waals surface area contributed by atoms with E-state index in [1.165, 1.54) is 11.1 Å². The topological polar surface area (TPSA) is 58.1 Å². The third kappa shape index (κ3) is 5.95. The second kappa shape index (κ2) is 10.8. The molecule has 1 aromatic heterocycles. The average Bonchev–Trinajstić information content (AvgIpc) is 3.50. The van der Waals surface area contributed by atoms with E-state index in [0.717, 1.165) is 11.3 Å². The van der Waals surface area contributed by atoms with Crippen LogP contribution in [0.4, 0.5) is 24.7 Å². The van der Waals surface area contributed by atoms with Crippen LogP contribution in [0.15, 0.2) is 36.5 Å². The molecule has 3 fully saturated rings. The van der Waals surface area contributed by atoms with Gasteiger partial charge in [0.05, 0.1) is 32.0 Å². The summed E-state index contributed by atoms with van der Waals surface area (Å²) in [5.41, 5.74) is 1.43. The molecule has 10 heteroatoms. The predicted molar refractivity (Wildman–Crippen MR) is 134 cm³/mol. The summed E-state index contributed by atoms with van der Waals surface area (Å²) in [6, 6.07) is 9.38. The Morgan fingerprint density at radius 2 is 1.89 bits per heavy atom. The number of halogens is 3. The van der Waals surface area contributed by atoms with Crippen LogP contribution in [0.1, 0.15) is 37.7 Å². The first kappa shape index (κ1) is 25.6. The van der Waals surface area contributed by atoms with Crippen LogP contribution in [0.3, 0.4) is 0 Å². The number of anilines is 2. The predicted octanol–water partition coefficient (Wildman–Crippen LogP) is 4.08. The quantitative estimate of drug-likeness (QED) is 0.551. The summed E-state index contributed by atoms with van der Waals surface area (Å²) in [6.07, 6.45) is 2.22. The van der Waals surface area contributed by atoms with Gasteiger partial charge >= 0.3 is 0 Å². The maximum Gasteiger partial charge on any atom is 0.266 e. The molecule has 0 N–H and O–H groups in total. The molecular weight excluding hydrogens is 485 g/mol. The van der Waals surface area contributed by atoms with Crippen LogP contribution in [-0.4, -0.2) is 80.3 Å². The molecule has 4 heterocycles. The van der Waals surface area contributed by atoms with Crippen LogP contribution in [0.5, 0.6) is 5.75 Å². The number of rotatable bonds is 7. The van der Waals surface area contributed by atoms with Gasteiger partial charge in [-0.3, -0.25) is 4.79 Å². The molecule has 1 unspecified atom stereocenters. The van der Waals surface area contributed by atoms with Gasteiger partial charge in [-0.2, -0.15) is 0 Å². The second-order valence-corrected chi connectivity index (χ2v) is 10.1. The summed E-state index contributed by atoms with van der Waals surface area (Å²) in [4.78, 5) is 21.7. The van der Waals surface area contributed by atoms with Crippen molar-refractivity contribution >= 4 is 17.4 Å². The van der Waals surface area contributed by atoms with E-state index >= 15 is 4.39 Å². The first-order chi connectivity index (χ1) is 17.8. The highest BCUT2D eigenvalue weighted by molar-refractivity contribution is 5.77. The average molecular weight is 519 g/mol.